The molecule has 170 valence electrons. The molecule has 0 aliphatic carbocycles. The molecule has 1 amide bonds. The first-order valence-corrected chi connectivity index (χ1v) is 10.8. The molecular formula is C23H27FN4O4. The summed E-state index contributed by atoms with van der Waals surface area (Å²) in [5, 5.41) is 14.3. The van der Waals surface area contributed by atoms with Crippen LogP contribution in [-0.4, -0.2) is 56.8 Å². The lowest BCUT2D eigenvalue weighted by atomic mass is 9.83. The van der Waals surface area contributed by atoms with Crippen molar-refractivity contribution in [1.82, 2.24) is 5.32 Å². The van der Waals surface area contributed by atoms with Crippen molar-refractivity contribution < 1.29 is 18.8 Å². The van der Waals surface area contributed by atoms with E-state index in [-0.39, 0.29) is 29.4 Å². The number of nitro benzene ring substituents is 1. The van der Waals surface area contributed by atoms with Crippen LogP contribution in [0.15, 0.2) is 42.5 Å². The molecule has 32 heavy (non-hydrogen) atoms. The van der Waals surface area contributed by atoms with Gasteiger partial charge in [-0.05, 0) is 48.7 Å². The molecule has 2 atom stereocenters. The number of nitrogens with zero attached hydrogens (tertiary/aromatic N) is 3. The van der Waals surface area contributed by atoms with Crippen LogP contribution in [0.2, 0.25) is 0 Å². The van der Waals surface area contributed by atoms with Gasteiger partial charge in [0.25, 0.3) is 5.69 Å². The molecule has 2 aromatic rings. The fraction of sp³-hybridized carbons (Fsp3) is 0.435. The highest BCUT2D eigenvalue weighted by Gasteiger charge is 2.42. The second-order valence-electron chi connectivity index (χ2n) is 8.20. The summed E-state index contributed by atoms with van der Waals surface area (Å²) in [6.45, 7) is 3.06. The lowest BCUT2D eigenvalue weighted by Crippen LogP contribution is -2.61. The Kier molecular flexibility index (Phi) is 6.55. The highest BCUT2D eigenvalue weighted by Crippen LogP contribution is 2.38. The van der Waals surface area contributed by atoms with E-state index in [0.717, 1.165) is 16.9 Å². The number of methoxy groups -OCH3 is 1. The molecule has 1 fully saturated rings. The van der Waals surface area contributed by atoms with Crippen LogP contribution in [0.1, 0.15) is 12.0 Å². The van der Waals surface area contributed by atoms with Crippen LogP contribution in [0.5, 0.6) is 0 Å². The average molecular weight is 442 g/mol. The maximum absolute atomic E-state index is 13.4. The summed E-state index contributed by atoms with van der Waals surface area (Å²) in [5.74, 6) is -0.696. The van der Waals surface area contributed by atoms with Crippen molar-refractivity contribution in [3.8, 4) is 0 Å². The first-order valence-electron chi connectivity index (χ1n) is 10.8. The summed E-state index contributed by atoms with van der Waals surface area (Å²) in [6, 6.07) is 11.2. The second kappa shape index (κ2) is 9.52. The van der Waals surface area contributed by atoms with E-state index in [4.69, 9.17) is 4.74 Å². The number of non-ortho nitro benzene ring substituents is 1. The zero-order valence-electron chi connectivity index (χ0n) is 18.0. The summed E-state index contributed by atoms with van der Waals surface area (Å²) in [7, 11) is 1.62. The van der Waals surface area contributed by atoms with Crippen molar-refractivity contribution in [2.45, 2.75) is 18.9 Å². The normalized spacial score (nSPS) is 19.8. The maximum Gasteiger partial charge on any atom is 0.269 e. The van der Waals surface area contributed by atoms with Crippen molar-refractivity contribution in [3.05, 3.63) is 64.0 Å². The number of carbonyl (C=O) groups is 1. The third-order valence-corrected chi connectivity index (χ3v) is 6.26. The Morgan fingerprint density at radius 1 is 1.25 bits per heavy atom. The number of nitro groups is 1. The van der Waals surface area contributed by atoms with E-state index in [1.165, 1.54) is 18.2 Å². The summed E-state index contributed by atoms with van der Waals surface area (Å²) >= 11 is 0. The number of rotatable bonds is 7. The van der Waals surface area contributed by atoms with Crippen molar-refractivity contribution >= 4 is 23.0 Å². The predicted molar refractivity (Wildman–Crippen MR) is 120 cm³/mol. The van der Waals surface area contributed by atoms with Gasteiger partial charge in [-0.15, -0.1) is 0 Å². The smallest absolute Gasteiger partial charge is 0.269 e. The number of piperazine rings is 1. The Bertz CT molecular complexity index is 984. The number of fused-ring (bicyclic) bond motifs is 3. The second-order valence-corrected chi connectivity index (χ2v) is 8.20. The standard InChI is InChI=1S/C23H27FN4O4/c1-32-12-2-9-25-23(29)20-14-16-13-19(28(30)31)7-8-21(16)27-11-10-26(15-22(20)27)18-5-3-17(24)4-6-18/h3-8,13,20,22H,2,9-12,14-15H2,1H3,(H,25,29)/t20-,22+/m0/s1. The van der Waals surface area contributed by atoms with Gasteiger partial charge >= 0.3 is 0 Å². The van der Waals surface area contributed by atoms with E-state index in [2.05, 4.69) is 15.1 Å². The van der Waals surface area contributed by atoms with Gasteiger partial charge in [-0.25, -0.2) is 4.39 Å². The van der Waals surface area contributed by atoms with E-state index in [9.17, 15) is 19.3 Å². The van der Waals surface area contributed by atoms with E-state index < -0.39 is 4.92 Å². The van der Waals surface area contributed by atoms with Gasteiger partial charge in [0.1, 0.15) is 5.82 Å². The van der Waals surface area contributed by atoms with Gasteiger partial charge in [0.05, 0.1) is 16.9 Å². The van der Waals surface area contributed by atoms with Crippen LogP contribution < -0.4 is 15.1 Å². The predicted octanol–water partition coefficient (Wildman–Crippen LogP) is 2.75. The van der Waals surface area contributed by atoms with Crippen LogP contribution >= 0.6 is 0 Å². The molecule has 2 aliphatic rings. The van der Waals surface area contributed by atoms with Crippen molar-refractivity contribution in [2.24, 2.45) is 5.92 Å². The molecule has 4 rings (SSSR count). The number of hydrogen-bond donors (Lipinski definition) is 1. The summed E-state index contributed by atoms with van der Waals surface area (Å²) in [5.41, 5.74) is 2.72. The quantitative estimate of drug-likeness (QED) is 0.403. The molecule has 8 nitrogen and oxygen atoms in total. The maximum atomic E-state index is 13.4. The van der Waals surface area contributed by atoms with Gasteiger partial charge in [-0.2, -0.15) is 0 Å². The lowest BCUT2D eigenvalue weighted by molar-refractivity contribution is -0.384. The van der Waals surface area contributed by atoms with Gasteiger partial charge in [-0.3, -0.25) is 14.9 Å². The molecule has 2 aliphatic heterocycles. The lowest BCUT2D eigenvalue weighted by Gasteiger charge is -2.49. The molecule has 0 aromatic heterocycles. The Labute approximate surface area is 186 Å². The molecule has 2 aromatic carbocycles. The number of nitrogens with one attached hydrogen (secondary N) is 1. The van der Waals surface area contributed by atoms with Crippen LogP contribution in [0.25, 0.3) is 0 Å². The van der Waals surface area contributed by atoms with Gasteiger partial charge in [0, 0.05) is 63.4 Å². The van der Waals surface area contributed by atoms with Crippen molar-refractivity contribution in [2.75, 3.05) is 49.7 Å². The molecule has 0 bridgehead atoms. The molecular weight excluding hydrogens is 415 g/mol. The van der Waals surface area contributed by atoms with Gasteiger partial charge in [0.15, 0.2) is 0 Å². The first kappa shape index (κ1) is 22.0. The van der Waals surface area contributed by atoms with E-state index in [0.29, 0.717) is 45.6 Å². The van der Waals surface area contributed by atoms with Gasteiger partial charge < -0.3 is 19.9 Å². The van der Waals surface area contributed by atoms with E-state index >= 15 is 0 Å². The number of carbonyl (C=O) groups excluding carboxylic acids is 1. The zero-order chi connectivity index (χ0) is 22.7. The van der Waals surface area contributed by atoms with Crippen molar-refractivity contribution in [1.29, 1.82) is 0 Å². The first-order chi connectivity index (χ1) is 15.5. The average Bonchev–Trinajstić information content (AvgIpc) is 2.80. The number of ether oxygens (including phenoxy) is 1. The monoisotopic (exact) mass is 442 g/mol. The third-order valence-electron chi connectivity index (χ3n) is 6.26. The number of benzene rings is 2. The van der Waals surface area contributed by atoms with Gasteiger partial charge in [0.2, 0.25) is 5.91 Å². The minimum Gasteiger partial charge on any atom is -0.385 e. The van der Waals surface area contributed by atoms with E-state index in [1.807, 2.05) is 0 Å². The molecule has 0 spiro atoms. The largest absolute Gasteiger partial charge is 0.385 e. The Morgan fingerprint density at radius 2 is 2.03 bits per heavy atom. The fourth-order valence-corrected chi connectivity index (χ4v) is 4.67. The minimum absolute atomic E-state index is 0.0337. The molecule has 1 saturated heterocycles. The summed E-state index contributed by atoms with van der Waals surface area (Å²) in [6.07, 6.45) is 1.15. The van der Waals surface area contributed by atoms with E-state index in [1.54, 1.807) is 31.4 Å². The van der Waals surface area contributed by atoms with Crippen molar-refractivity contribution in [3.63, 3.8) is 0 Å². The molecule has 9 heteroatoms. The molecule has 0 unspecified atom stereocenters. The van der Waals surface area contributed by atoms with Crippen LogP contribution in [0, 0.1) is 21.8 Å². The van der Waals surface area contributed by atoms with Crippen LogP contribution in [0.3, 0.4) is 0 Å². The number of hydrogen-bond acceptors (Lipinski definition) is 6. The highest BCUT2D eigenvalue weighted by molar-refractivity contribution is 5.82. The number of amides is 1. The fourth-order valence-electron chi connectivity index (χ4n) is 4.67. The summed E-state index contributed by atoms with van der Waals surface area (Å²) in [4.78, 5) is 28.4. The van der Waals surface area contributed by atoms with Crippen LogP contribution in [0.4, 0.5) is 21.5 Å². The number of halogens is 1. The Balaban J connectivity index is 1.60. The Hall–Kier alpha value is -3.20. The molecule has 0 radical (unpaired) electrons. The molecule has 0 saturated carbocycles. The van der Waals surface area contributed by atoms with Crippen LogP contribution in [-0.2, 0) is 16.0 Å². The molecule has 2 heterocycles. The molecule has 1 N–H and O–H groups in total. The summed E-state index contributed by atoms with van der Waals surface area (Å²) < 4.78 is 18.4. The topological polar surface area (TPSA) is 87.9 Å². The highest BCUT2D eigenvalue weighted by atomic mass is 19.1. The Morgan fingerprint density at radius 3 is 2.75 bits per heavy atom. The minimum atomic E-state index is -0.404. The zero-order valence-corrected chi connectivity index (χ0v) is 18.0. The van der Waals surface area contributed by atoms with Gasteiger partial charge in [-0.1, -0.05) is 0 Å². The SMILES string of the molecule is COCCCNC(=O)[C@H]1Cc2cc([N+](=O)[O-])ccc2N2CCN(c3ccc(F)cc3)C[C@H]12. The third kappa shape index (κ3) is 4.52. The number of anilines is 2.